The summed E-state index contributed by atoms with van der Waals surface area (Å²) in [5.74, 6) is 0. The van der Waals surface area contributed by atoms with Crippen LogP contribution in [0.5, 0.6) is 0 Å². The lowest BCUT2D eigenvalue weighted by Crippen LogP contribution is -2.39. The van der Waals surface area contributed by atoms with E-state index in [0.717, 1.165) is 11.1 Å². The van der Waals surface area contributed by atoms with Crippen molar-refractivity contribution in [1.82, 2.24) is 0 Å². The zero-order valence-corrected chi connectivity index (χ0v) is 10.3. The van der Waals surface area contributed by atoms with Crippen LogP contribution in [-0.4, -0.2) is 17.2 Å². The van der Waals surface area contributed by atoms with Gasteiger partial charge in [-0.25, -0.2) is 0 Å². The zero-order chi connectivity index (χ0) is 11.8. The van der Waals surface area contributed by atoms with E-state index < -0.39 is 7.12 Å². The smallest absolute Gasteiger partial charge is 0.423 e. The highest BCUT2D eigenvalue weighted by Gasteiger charge is 2.28. The number of hydrogen-bond acceptors (Lipinski definition) is 2. The normalized spacial score (nSPS) is 11.7. The first-order valence-corrected chi connectivity index (χ1v) is 5.28. The molecule has 0 aliphatic carbocycles. The molecule has 0 spiro atoms. The molecule has 0 radical (unpaired) electrons. The fourth-order valence-corrected chi connectivity index (χ4v) is 2.24. The second-order valence-corrected chi connectivity index (χ2v) is 5.18. The fourth-order valence-electron chi connectivity index (χ4n) is 1.79. The van der Waals surface area contributed by atoms with Gasteiger partial charge in [-0.1, -0.05) is 44.0 Å². The Bertz CT molecular complexity index is 370. The van der Waals surface area contributed by atoms with E-state index in [1.807, 2.05) is 27.7 Å². The molecular weight excluding hydrogens is 210 g/mol. The third-order valence-corrected chi connectivity index (χ3v) is 2.74. The van der Waals surface area contributed by atoms with Gasteiger partial charge in [0.2, 0.25) is 0 Å². The number of benzene rings is 1. The Morgan fingerprint density at radius 3 is 2.07 bits per heavy atom. The molecule has 0 unspecified atom stereocenters. The van der Waals surface area contributed by atoms with E-state index in [1.54, 1.807) is 12.1 Å². The summed E-state index contributed by atoms with van der Waals surface area (Å²) in [6.07, 6.45) is 0. The van der Waals surface area contributed by atoms with Crippen LogP contribution < -0.4 is 5.46 Å². The van der Waals surface area contributed by atoms with Crippen molar-refractivity contribution in [3.05, 3.63) is 28.3 Å². The molecule has 0 heterocycles. The van der Waals surface area contributed by atoms with Crippen molar-refractivity contribution in [3.8, 4) is 0 Å². The average Bonchev–Trinajstić information content (AvgIpc) is 2.05. The van der Waals surface area contributed by atoms with Crippen LogP contribution in [0, 0.1) is 6.92 Å². The molecule has 1 rings (SSSR count). The topological polar surface area (TPSA) is 40.5 Å². The van der Waals surface area contributed by atoms with Crippen LogP contribution in [0.3, 0.4) is 0 Å². The SMILES string of the molecule is Cc1ccc(Cl)c(C(C)(C)C)c1B(O)O. The number of aryl methyl sites for hydroxylation is 1. The molecule has 0 atom stereocenters. The maximum atomic E-state index is 9.37. The fraction of sp³-hybridized carbons (Fsp3) is 0.455. The lowest BCUT2D eigenvalue weighted by Gasteiger charge is -2.25. The summed E-state index contributed by atoms with van der Waals surface area (Å²) in [5.41, 5.74) is 1.97. The molecule has 2 N–H and O–H groups in total. The standard InChI is InChI=1S/C11H16BClO2/c1-7-5-6-8(13)9(11(2,3)4)10(7)12(14)15/h5-6,14-15H,1-4H3. The van der Waals surface area contributed by atoms with Crippen molar-refractivity contribution in [2.24, 2.45) is 0 Å². The van der Waals surface area contributed by atoms with Crippen LogP contribution in [0.15, 0.2) is 12.1 Å². The molecule has 0 amide bonds. The Morgan fingerprint density at radius 1 is 1.20 bits per heavy atom. The third-order valence-electron chi connectivity index (χ3n) is 2.42. The van der Waals surface area contributed by atoms with Crippen molar-refractivity contribution < 1.29 is 10.0 Å². The molecule has 0 aromatic heterocycles. The van der Waals surface area contributed by atoms with Crippen LogP contribution in [0.2, 0.25) is 5.02 Å². The molecule has 4 heteroatoms. The van der Waals surface area contributed by atoms with Gasteiger partial charge in [0.25, 0.3) is 0 Å². The van der Waals surface area contributed by atoms with Crippen molar-refractivity contribution in [1.29, 1.82) is 0 Å². The molecule has 0 bridgehead atoms. The van der Waals surface area contributed by atoms with Gasteiger partial charge >= 0.3 is 7.12 Å². The van der Waals surface area contributed by atoms with Gasteiger partial charge in [0.15, 0.2) is 0 Å². The predicted octanol–water partition coefficient (Wildman–Crippen LogP) is 1.63. The third kappa shape index (κ3) is 2.54. The van der Waals surface area contributed by atoms with Gasteiger partial charge in [-0.15, -0.1) is 0 Å². The molecule has 2 nitrogen and oxygen atoms in total. The summed E-state index contributed by atoms with van der Waals surface area (Å²) in [6.45, 7) is 7.85. The van der Waals surface area contributed by atoms with Gasteiger partial charge in [-0.05, 0) is 29.4 Å². The minimum absolute atomic E-state index is 0.206. The summed E-state index contributed by atoms with van der Waals surface area (Å²) >= 11 is 6.11. The molecule has 15 heavy (non-hydrogen) atoms. The van der Waals surface area contributed by atoms with Crippen molar-refractivity contribution in [3.63, 3.8) is 0 Å². The van der Waals surface area contributed by atoms with Crippen molar-refractivity contribution in [2.45, 2.75) is 33.1 Å². The number of hydrogen-bond donors (Lipinski definition) is 2. The van der Waals surface area contributed by atoms with Gasteiger partial charge in [-0.3, -0.25) is 0 Å². The molecule has 0 aliphatic heterocycles. The van der Waals surface area contributed by atoms with Gasteiger partial charge in [-0.2, -0.15) is 0 Å². The quantitative estimate of drug-likeness (QED) is 0.715. The highest BCUT2D eigenvalue weighted by atomic mass is 35.5. The molecule has 0 saturated carbocycles. The summed E-state index contributed by atoms with van der Waals surface area (Å²) in [5, 5.41) is 19.3. The summed E-state index contributed by atoms with van der Waals surface area (Å²) in [6, 6.07) is 3.59. The highest BCUT2D eigenvalue weighted by molar-refractivity contribution is 6.60. The lowest BCUT2D eigenvalue weighted by molar-refractivity contribution is 0.423. The second kappa shape index (κ2) is 4.16. The summed E-state index contributed by atoms with van der Waals surface area (Å²) in [4.78, 5) is 0. The zero-order valence-electron chi connectivity index (χ0n) is 9.50. The van der Waals surface area contributed by atoms with Gasteiger partial charge in [0.1, 0.15) is 0 Å². The first-order chi connectivity index (χ1) is 6.75. The Morgan fingerprint density at radius 2 is 1.73 bits per heavy atom. The van der Waals surface area contributed by atoms with E-state index in [1.165, 1.54) is 0 Å². The van der Waals surface area contributed by atoms with Crippen molar-refractivity contribution >= 4 is 24.2 Å². The molecule has 1 aromatic carbocycles. The monoisotopic (exact) mass is 226 g/mol. The minimum Gasteiger partial charge on any atom is -0.423 e. The first kappa shape index (κ1) is 12.6. The van der Waals surface area contributed by atoms with E-state index in [0.29, 0.717) is 10.5 Å². The minimum atomic E-state index is -1.47. The summed E-state index contributed by atoms with van der Waals surface area (Å²) in [7, 11) is -1.47. The van der Waals surface area contributed by atoms with E-state index in [4.69, 9.17) is 11.6 Å². The highest BCUT2D eigenvalue weighted by Crippen LogP contribution is 2.28. The molecule has 1 aromatic rings. The van der Waals surface area contributed by atoms with Crippen molar-refractivity contribution in [2.75, 3.05) is 0 Å². The largest absolute Gasteiger partial charge is 0.489 e. The summed E-state index contributed by atoms with van der Waals surface area (Å²) < 4.78 is 0. The van der Waals surface area contributed by atoms with Crippen LogP contribution >= 0.6 is 11.6 Å². The van der Waals surface area contributed by atoms with Gasteiger partial charge < -0.3 is 10.0 Å². The molecule has 0 saturated heterocycles. The van der Waals surface area contributed by atoms with Crippen LogP contribution in [0.1, 0.15) is 31.9 Å². The Balaban J connectivity index is 3.53. The molecule has 0 aliphatic rings. The van der Waals surface area contributed by atoms with Gasteiger partial charge in [0.05, 0.1) is 0 Å². The Kier molecular flexibility index (Phi) is 3.49. The predicted molar refractivity (Wildman–Crippen MR) is 64.7 cm³/mol. The van der Waals surface area contributed by atoms with Crippen LogP contribution in [0.4, 0.5) is 0 Å². The van der Waals surface area contributed by atoms with Gasteiger partial charge in [0, 0.05) is 5.02 Å². The Hall–Kier alpha value is -0.505. The number of rotatable bonds is 1. The van der Waals surface area contributed by atoms with Crippen LogP contribution in [0.25, 0.3) is 0 Å². The maximum Gasteiger partial charge on any atom is 0.489 e. The van der Waals surface area contributed by atoms with E-state index >= 15 is 0 Å². The first-order valence-electron chi connectivity index (χ1n) is 4.90. The average molecular weight is 227 g/mol. The lowest BCUT2D eigenvalue weighted by atomic mass is 9.68. The molecular formula is C11H16BClO2. The number of halogens is 1. The van der Waals surface area contributed by atoms with E-state index in [-0.39, 0.29) is 5.41 Å². The molecule has 0 fully saturated rings. The maximum absolute atomic E-state index is 9.37. The van der Waals surface area contributed by atoms with Crippen LogP contribution in [-0.2, 0) is 5.41 Å². The van der Waals surface area contributed by atoms with E-state index in [2.05, 4.69) is 0 Å². The molecule has 82 valence electrons. The van der Waals surface area contributed by atoms with E-state index in [9.17, 15) is 10.0 Å². The second-order valence-electron chi connectivity index (χ2n) is 4.78. The Labute approximate surface area is 96.0 Å².